The SMILES string of the molecule is CN(C)/C(N)=C/C=C(\N)Br.O=Cc1cn2c(-c3ccc(C(F)(F)F)cc3)cnc2cn1. The van der Waals surface area contributed by atoms with Gasteiger partial charge in [0.05, 0.1) is 34.1 Å². The van der Waals surface area contributed by atoms with Crippen molar-refractivity contribution in [2.75, 3.05) is 14.1 Å². The van der Waals surface area contributed by atoms with Gasteiger partial charge in [-0.05, 0) is 40.2 Å². The molecule has 0 amide bonds. The lowest BCUT2D eigenvalue weighted by Crippen LogP contribution is -2.17. The fourth-order valence-electron chi connectivity index (χ4n) is 2.32. The summed E-state index contributed by atoms with van der Waals surface area (Å²) in [5.41, 5.74) is 12.0. The Morgan fingerprint density at radius 1 is 1.10 bits per heavy atom. The molecule has 0 bridgehead atoms. The van der Waals surface area contributed by atoms with Crippen LogP contribution in [-0.4, -0.2) is 39.7 Å². The molecule has 0 saturated heterocycles. The molecule has 0 unspecified atom stereocenters. The number of carbonyl (C=O) groups excluding carboxylic acids is 1. The van der Waals surface area contributed by atoms with Gasteiger partial charge in [-0.1, -0.05) is 12.1 Å². The van der Waals surface area contributed by atoms with Crippen LogP contribution in [0.1, 0.15) is 16.1 Å². The van der Waals surface area contributed by atoms with Gasteiger partial charge < -0.3 is 16.4 Å². The minimum Gasteiger partial charge on any atom is -0.393 e. The number of aldehydes is 1. The molecule has 1 aromatic carbocycles. The van der Waals surface area contributed by atoms with Crippen molar-refractivity contribution >= 4 is 27.9 Å². The number of imidazole rings is 1. The molecule has 2 aromatic heterocycles. The largest absolute Gasteiger partial charge is 0.416 e. The van der Waals surface area contributed by atoms with E-state index in [4.69, 9.17) is 11.5 Å². The van der Waals surface area contributed by atoms with E-state index < -0.39 is 11.7 Å². The maximum atomic E-state index is 12.5. The van der Waals surface area contributed by atoms with Crippen molar-refractivity contribution in [1.29, 1.82) is 0 Å². The van der Waals surface area contributed by atoms with Crippen LogP contribution in [0, 0.1) is 0 Å². The Balaban J connectivity index is 0.000000291. The number of allylic oxidation sites excluding steroid dienone is 2. The third kappa shape index (κ3) is 6.57. The van der Waals surface area contributed by atoms with Gasteiger partial charge in [-0.3, -0.25) is 9.20 Å². The topological polar surface area (TPSA) is 103 Å². The second-order valence-corrected chi connectivity index (χ2v) is 7.33. The van der Waals surface area contributed by atoms with Gasteiger partial charge in [-0.2, -0.15) is 13.2 Å². The van der Waals surface area contributed by atoms with Gasteiger partial charge in [0.15, 0.2) is 11.9 Å². The monoisotopic (exact) mass is 496 g/mol. The fraction of sp³-hybridized carbons (Fsp3) is 0.150. The molecule has 0 aliphatic rings. The molecule has 3 aromatic rings. The van der Waals surface area contributed by atoms with Crippen LogP contribution in [-0.2, 0) is 6.18 Å². The Bertz CT molecular complexity index is 1100. The highest BCUT2D eigenvalue weighted by molar-refractivity contribution is 9.11. The fourth-order valence-corrected chi connectivity index (χ4v) is 2.45. The van der Waals surface area contributed by atoms with Crippen molar-refractivity contribution in [2.45, 2.75) is 6.18 Å². The van der Waals surface area contributed by atoms with E-state index >= 15 is 0 Å². The van der Waals surface area contributed by atoms with E-state index in [1.54, 1.807) is 21.5 Å². The molecule has 3 rings (SSSR count). The van der Waals surface area contributed by atoms with E-state index in [2.05, 4.69) is 25.9 Å². The third-order valence-corrected chi connectivity index (χ3v) is 4.24. The van der Waals surface area contributed by atoms with Gasteiger partial charge in [-0.25, -0.2) is 9.97 Å². The zero-order valence-corrected chi connectivity index (χ0v) is 18.2. The first-order valence-corrected chi connectivity index (χ1v) is 9.54. The first-order chi connectivity index (χ1) is 14.5. The number of carbonyl (C=O) groups is 1. The summed E-state index contributed by atoms with van der Waals surface area (Å²) in [6, 6.07) is 4.76. The Hall–Kier alpha value is -3.34. The predicted molar refractivity (Wildman–Crippen MR) is 116 cm³/mol. The van der Waals surface area contributed by atoms with Gasteiger partial charge in [0, 0.05) is 25.9 Å². The van der Waals surface area contributed by atoms with E-state index in [9.17, 15) is 18.0 Å². The van der Waals surface area contributed by atoms with E-state index in [-0.39, 0.29) is 5.69 Å². The third-order valence-electron chi connectivity index (χ3n) is 3.97. The number of hydrogen-bond acceptors (Lipinski definition) is 6. The second kappa shape index (κ2) is 10.1. The smallest absolute Gasteiger partial charge is 0.393 e. The van der Waals surface area contributed by atoms with Crippen molar-refractivity contribution < 1.29 is 18.0 Å². The molecule has 0 saturated carbocycles. The summed E-state index contributed by atoms with van der Waals surface area (Å²) in [7, 11) is 3.73. The molecule has 4 N–H and O–H groups in total. The Morgan fingerprint density at radius 2 is 1.74 bits per heavy atom. The minimum absolute atomic E-state index is 0.216. The predicted octanol–water partition coefficient (Wildman–Crippen LogP) is 3.77. The van der Waals surface area contributed by atoms with Gasteiger partial charge in [0.2, 0.25) is 0 Å². The number of nitrogens with two attached hydrogens (primary N) is 2. The highest BCUT2D eigenvalue weighted by atomic mass is 79.9. The zero-order valence-electron chi connectivity index (χ0n) is 16.6. The molecular weight excluding hydrogens is 477 g/mol. The highest BCUT2D eigenvalue weighted by Gasteiger charge is 2.30. The van der Waals surface area contributed by atoms with Crippen molar-refractivity contribution in [3.8, 4) is 11.3 Å². The lowest BCUT2D eigenvalue weighted by Gasteiger charge is -2.10. The van der Waals surface area contributed by atoms with Crippen LogP contribution in [0.4, 0.5) is 13.2 Å². The van der Waals surface area contributed by atoms with E-state index in [0.717, 1.165) is 12.1 Å². The maximum absolute atomic E-state index is 12.5. The van der Waals surface area contributed by atoms with E-state index in [0.29, 0.717) is 33.6 Å². The van der Waals surface area contributed by atoms with Gasteiger partial charge in [-0.15, -0.1) is 0 Å². The summed E-state index contributed by atoms with van der Waals surface area (Å²) in [6.07, 6.45) is 4.08. The van der Waals surface area contributed by atoms with E-state index in [1.165, 1.54) is 30.7 Å². The first-order valence-electron chi connectivity index (χ1n) is 8.74. The Labute approximate surface area is 185 Å². The molecular formula is C20H20BrF3N6O. The quantitative estimate of drug-likeness (QED) is 0.323. The summed E-state index contributed by atoms with van der Waals surface area (Å²) in [6.45, 7) is 0. The number of alkyl halides is 3. The molecule has 0 radical (unpaired) electrons. The molecule has 0 atom stereocenters. The normalized spacial score (nSPS) is 12.3. The number of aromatic nitrogens is 3. The summed E-state index contributed by atoms with van der Waals surface area (Å²) < 4.78 is 39.8. The lowest BCUT2D eigenvalue weighted by atomic mass is 10.1. The summed E-state index contributed by atoms with van der Waals surface area (Å²) >= 11 is 3.07. The standard InChI is InChI=1S/C14H8F3N3O.C6H12BrN3/c15-14(16,17)10-3-1-9(2-4-10)12-5-19-13-6-18-11(8-21)7-20(12)13;1-10(2)6(9)4-3-5(7)8/h1-8H;3-4H,8-9H2,1-2H3/b;5-3-,6-4+. The Morgan fingerprint density at radius 3 is 2.26 bits per heavy atom. The number of benzene rings is 1. The van der Waals surface area contributed by atoms with Crippen LogP contribution >= 0.6 is 15.9 Å². The zero-order chi connectivity index (χ0) is 23.2. The van der Waals surface area contributed by atoms with Crippen LogP contribution in [0.2, 0.25) is 0 Å². The summed E-state index contributed by atoms with van der Waals surface area (Å²) in [5.74, 6) is 0.669. The number of halogens is 4. The van der Waals surface area contributed by atoms with Crippen LogP contribution in [0.15, 0.2) is 65.4 Å². The second-order valence-electron chi connectivity index (χ2n) is 6.41. The van der Waals surface area contributed by atoms with Crippen molar-refractivity contribution in [2.24, 2.45) is 11.5 Å². The molecule has 11 heteroatoms. The van der Waals surface area contributed by atoms with Gasteiger partial charge in [0.25, 0.3) is 0 Å². The molecule has 31 heavy (non-hydrogen) atoms. The average Bonchev–Trinajstić information content (AvgIpc) is 3.14. The molecule has 7 nitrogen and oxygen atoms in total. The molecule has 2 heterocycles. The molecule has 164 valence electrons. The van der Waals surface area contributed by atoms with E-state index in [1.807, 2.05) is 14.1 Å². The highest BCUT2D eigenvalue weighted by Crippen LogP contribution is 2.31. The van der Waals surface area contributed by atoms with Crippen molar-refractivity contribution in [3.05, 3.63) is 76.7 Å². The molecule has 0 spiro atoms. The summed E-state index contributed by atoms with van der Waals surface area (Å²) in [4.78, 5) is 20.5. The first kappa shape index (κ1) is 23.9. The van der Waals surface area contributed by atoms with Crippen LogP contribution in [0.25, 0.3) is 16.9 Å². The van der Waals surface area contributed by atoms with Crippen molar-refractivity contribution in [1.82, 2.24) is 19.3 Å². The molecule has 0 aliphatic heterocycles. The lowest BCUT2D eigenvalue weighted by molar-refractivity contribution is -0.137. The minimum atomic E-state index is -4.37. The average molecular weight is 497 g/mol. The Kier molecular flexibility index (Phi) is 7.81. The maximum Gasteiger partial charge on any atom is 0.416 e. The molecule has 0 fully saturated rings. The van der Waals surface area contributed by atoms with Crippen LogP contribution in [0.5, 0.6) is 0 Å². The number of rotatable bonds is 4. The van der Waals surface area contributed by atoms with Gasteiger partial charge in [0.1, 0.15) is 5.69 Å². The number of fused-ring (bicyclic) bond motifs is 1. The molecule has 0 aliphatic carbocycles. The van der Waals surface area contributed by atoms with Gasteiger partial charge >= 0.3 is 6.18 Å². The van der Waals surface area contributed by atoms with Crippen molar-refractivity contribution in [3.63, 3.8) is 0 Å². The van der Waals surface area contributed by atoms with Crippen LogP contribution < -0.4 is 11.5 Å². The van der Waals surface area contributed by atoms with Crippen LogP contribution in [0.3, 0.4) is 0 Å². The number of nitrogens with zero attached hydrogens (tertiary/aromatic N) is 4. The number of hydrogen-bond donors (Lipinski definition) is 2. The summed E-state index contributed by atoms with van der Waals surface area (Å²) in [5, 5.41) is 0.